The van der Waals surface area contributed by atoms with Gasteiger partial charge in [0.15, 0.2) is 0 Å². The van der Waals surface area contributed by atoms with E-state index in [4.69, 9.17) is 4.74 Å². The molecule has 0 aliphatic carbocycles. The summed E-state index contributed by atoms with van der Waals surface area (Å²) in [5, 5.41) is 15.3. The van der Waals surface area contributed by atoms with Gasteiger partial charge in [-0.15, -0.1) is 0 Å². The molecule has 114 valence electrons. The molecule has 0 saturated carbocycles. The Morgan fingerprint density at radius 1 is 1.14 bits per heavy atom. The lowest BCUT2D eigenvalue weighted by Gasteiger charge is -2.20. The highest BCUT2D eigenvalue weighted by Gasteiger charge is 2.15. The number of hydrogen-bond acceptors (Lipinski definition) is 3. The Morgan fingerprint density at radius 3 is 2.62 bits per heavy atom. The molecule has 0 amide bonds. The van der Waals surface area contributed by atoms with Crippen molar-refractivity contribution in [3.05, 3.63) is 42.0 Å². The van der Waals surface area contributed by atoms with Crippen molar-refractivity contribution in [3.63, 3.8) is 0 Å². The molecule has 2 aromatic rings. The molecule has 0 aromatic heterocycles. The van der Waals surface area contributed by atoms with E-state index in [2.05, 4.69) is 43.4 Å². The third-order valence-corrected chi connectivity index (χ3v) is 3.55. The van der Waals surface area contributed by atoms with E-state index in [9.17, 15) is 5.11 Å². The first-order valence-electron chi connectivity index (χ1n) is 7.69. The van der Waals surface area contributed by atoms with Crippen LogP contribution in [0.5, 0.6) is 5.75 Å². The molecule has 0 fully saturated rings. The Balaban J connectivity index is 2.40. The summed E-state index contributed by atoms with van der Waals surface area (Å²) in [5.74, 6) is 0.880. The van der Waals surface area contributed by atoms with Crippen molar-refractivity contribution in [3.8, 4) is 5.75 Å². The summed E-state index contributed by atoms with van der Waals surface area (Å²) in [6, 6.07) is 12.7. The standard InChI is InChI=1S/C18H25NO2/c1-4-11-19-14(3)16-10-9-15-7-5-6-8-17(15)18(16)21-12-13(2)20/h5-10,13-14,19-20H,4,11-12H2,1-3H3. The highest BCUT2D eigenvalue weighted by molar-refractivity contribution is 5.89. The van der Waals surface area contributed by atoms with Crippen LogP contribution in [0.25, 0.3) is 10.8 Å². The smallest absolute Gasteiger partial charge is 0.132 e. The summed E-state index contributed by atoms with van der Waals surface area (Å²) in [6.07, 6.45) is 0.623. The summed E-state index contributed by atoms with van der Waals surface area (Å²) in [5.41, 5.74) is 1.14. The molecule has 0 saturated heterocycles. The Morgan fingerprint density at radius 2 is 1.90 bits per heavy atom. The first-order chi connectivity index (χ1) is 10.1. The largest absolute Gasteiger partial charge is 0.490 e. The molecule has 2 atom stereocenters. The first-order valence-corrected chi connectivity index (χ1v) is 7.69. The minimum Gasteiger partial charge on any atom is -0.490 e. The highest BCUT2D eigenvalue weighted by atomic mass is 16.5. The minimum atomic E-state index is -0.476. The molecule has 2 N–H and O–H groups in total. The van der Waals surface area contributed by atoms with Crippen molar-refractivity contribution < 1.29 is 9.84 Å². The lowest BCUT2D eigenvalue weighted by molar-refractivity contribution is 0.122. The van der Waals surface area contributed by atoms with Gasteiger partial charge in [-0.1, -0.05) is 43.3 Å². The SMILES string of the molecule is CCCNC(C)c1ccc2ccccc2c1OCC(C)O. The number of benzene rings is 2. The van der Waals surface area contributed by atoms with Crippen LogP contribution in [-0.4, -0.2) is 24.4 Å². The molecule has 3 heteroatoms. The number of rotatable bonds is 7. The normalized spacial score (nSPS) is 14.1. The van der Waals surface area contributed by atoms with E-state index < -0.39 is 6.10 Å². The van der Waals surface area contributed by atoms with Crippen LogP contribution in [0, 0.1) is 0 Å². The van der Waals surface area contributed by atoms with Gasteiger partial charge in [0.05, 0.1) is 6.10 Å². The minimum absolute atomic E-state index is 0.221. The molecule has 0 bridgehead atoms. The van der Waals surface area contributed by atoms with Crippen LogP contribution in [0.2, 0.25) is 0 Å². The molecular formula is C18H25NO2. The van der Waals surface area contributed by atoms with Gasteiger partial charge in [0.2, 0.25) is 0 Å². The predicted molar refractivity (Wildman–Crippen MR) is 87.8 cm³/mol. The maximum atomic E-state index is 9.52. The van der Waals surface area contributed by atoms with E-state index in [-0.39, 0.29) is 6.04 Å². The van der Waals surface area contributed by atoms with Crippen LogP contribution >= 0.6 is 0 Å². The van der Waals surface area contributed by atoms with Crippen LogP contribution in [0.3, 0.4) is 0 Å². The molecule has 2 rings (SSSR count). The van der Waals surface area contributed by atoms with Gasteiger partial charge in [0.1, 0.15) is 12.4 Å². The molecule has 0 aliphatic rings. The van der Waals surface area contributed by atoms with Gasteiger partial charge in [-0.2, -0.15) is 0 Å². The van der Waals surface area contributed by atoms with Crippen LogP contribution in [0.4, 0.5) is 0 Å². The molecule has 3 nitrogen and oxygen atoms in total. The third kappa shape index (κ3) is 3.96. The predicted octanol–water partition coefficient (Wildman–Crippen LogP) is 3.66. The third-order valence-electron chi connectivity index (χ3n) is 3.55. The van der Waals surface area contributed by atoms with Gasteiger partial charge >= 0.3 is 0 Å². The molecule has 0 radical (unpaired) electrons. The number of aliphatic hydroxyl groups is 1. The zero-order chi connectivity index (χ0) is 15.2. The van der Waals surface area contributed by atoms with Crippen molar-refractivity contribution in [2.45, 2.75) is 39.3 Å². The zero-order valence-electron chi connectivity index (χ0n) is 13.1. The fourth-order valence-electron chi connectivity index (χ4n) is 2.44. The number of aliphatic hydroxyl groups excluding tert-OH is 1. The van der Waals surface area contributed by atoms with E-state index in [1.807, 2.05) is 12.1 Å². The maximum absolute atomic E-state index is 9.52. The molecule has 2 unspecified atom stereocenters. The Kier molecular flexibility index (Phi) is 5.59. The Hall–Kier alpha value is -1.58. The van der Waals surface area contributed by atoms with Gasteiger partial charge in [-0.05, 0) is 32.2 Å². The van der Waals surface area contributed by atoms with Crippen LogP contribution < -0.4 is 10.1 Å². The van der Waals surface area contributed by atoms with Crippen molar-refractivity contribution in [1.29, 1.82) is 0 Å². The zero-order valence-corrected chi connectivity index (χ0v) is 13.1. The summed E-state index contributed by atoms with van der Waals surface area (Å²) < 4.78 is 5.92. The molecule has 2 aromatic carbocycles. The van der Waals surface area contributed by atoms with Gasteiger partial charge < -0.3 is 15.2 Å². The van der Waals surface area contributed by atoms with Crippen molar-refractivity contribution in [2.75, 3.05) is 13.2 Å². The summed E-state index contributed by atoms with van der Waals surface area (Å²) in [7, 11) is 0. The van der Waals surface area contributed by atoms with Crippen LogP contribution in [0.15, 0.2) is 36.4 Å². The topological polar surface area (TPSA) is 41.5 Å². The number of nitrogens with one attached hydrogen (secondary N) is 1. The molecule has 0 aliphatic heterocycles. The van der Waals surface area contributed by atoms with Gasteiger partial charge in [-0.3, -0.25) is 0 Å². The molecule has 0 heterocycles. The van der Waals surface area contributed by atoms with Crippen molar-refractivity contribution in [2.24, 2.45) is 0 Å². The number of ether oxygens (including phenoxy) is 1. The second-order valence-electron chi connectivity index (χ2n) is 5.54. The first kappa shape index (κ1) is 15.8. The van der Waals surface area contributed by atoms with E-state index in [1.54, 1.807) is 6.92 Å². The highest BCUT2D eigenvalue weighted by Crippen LogP contribution is 2.33. The number of fused-ring (bicyclic) bond motifs is 1. The Labute approximate surface area is 126 Å². The van der Waals surface area contributed by atoms with Crippen LogP contribution in [-0.2, 0) is 0 Å². The number of hydrogen-bond donors (Lipinski definition) is 2. The second-order valence-corrected chi connectivity index (χ2v) is 5.54. The molecular weight excluding hydrogens is 262 g/mol. The van der Waals surface area contributed by atoms with Gasteiger partial charge in [0, 0.05) is 17.0 Å². The monoisotopic (exact) mass is 287 g/mol. The lowest BCUT2D eigenvalue weighted by atomic mass is 10.0. The quantitative estimate of drug-likeness (QED) is 0.816. The van der Waals surface area contributed by atoms with Crippen molar-refractivity contribution in [1.82, 2.24) is 5.32 Å². The lowest BCUT2D eigenvalue weighted by Crippen LogP contribution is -2.21. The Bertz CT molecular complexity index is 580. The van der Waals surface area contributed by atoms with E-state index in [0.717, 1.165) is 35.1 Å². The van der Waals surface area contributed by atoms with E-state index >= 15 is 0 Å². The average Bonchev–Trinajstić information content (AvgIpc) is 2.49. The summed E-state index contributed by atoms with van der Waals surface area (Å²) in [4.78, 5) is 0. The fourth-order valence-corrected chi connectivity index (χ4v) is 2.44. The summed E-state index contributed by atoms with van der Waals surface area (Å²) in [6.45, 7) is 7.33. The average molecular weight is 287 g/mol. The maximum Gasteiger partial charge on any atom is 0.132 e. The molecule has 0 spiro atoms. The van der Waals surface area contributed by atoms with Gasteiger partial charge in [0.25, 0.3) is 0 Å². The fraction of sp³-hybridized carbons (Fsp3) is 0.444. The van der Waals surface area contributed by atoms with Crippen molar-refractivity contribution >= 4 is 10.8 Å². The van der Waals surface area contributed by atoms with Crippen LogP contribution in [0.1, 0.15) is 38.8 Å². The second kappa shape index (κ2) is 7.43. The molecule has 21 heavy (non-hydrogen) atoms. The van der Waals surface area contributed by atoms with Gasteiger partial charge in [-0.25, -0.2) is 0 Å². The van der Waals surface area contributed by atoms with E-state index in [0.29, 0.717) is 6.61 Å². The summed E-state index contributed by atoms with van der Waals surface area (Å²) >= 11 is 0. The van der Waals surface area contributed by atoms with E-state index in [1.165, 1.54) is 0 Å².